The van der Waals surface area contributed by atoms with Crippen LogP contribution in [0.5, 0.6) is 0 Å². The third kappa shape index (κ3) is 4.80. The maximum atomic E-state index is 15.8. The number of hydrogen-bond acceptors (Lipinski definition) is 4. The number of halogens is 3. The summed E-state index contributed by atoms with van der Waals surface area (Å²) in [4.78, 5) is 39.6. The summed E-state index contributed by atoms with van der Waals surface area (Å²) in [5.74, 6) is -2.96. The highest BCUT2D eigenvalue weighted by Crippen LogP contribution is 2.57. The number of anilines is 2. The minimum absolute atomic E-state index is 0.0949. The zero-order chi connectivity index (χ0) is 29.0. The van der Waals surface area contributed by atoms with Crippen molar-refractivity contribution in [3.8, 4) is 0 Å². The van der Waals surface area contributed by atoms with Crippen LogP contribution < -0.4 is 21.7 Å². The molecular formula is C30H29BrClFN4O3. The molecule has 4 atom stereocenters. The van der Waals surface area contributed by atoms with E-state index < -0.39 is 41.0 Å². The van der Waals surface area contributed by atoms with E-state index in [0.717, 1.165) is 4.47 Å². The molecule has 3 aromatic carbocycles. The summed E-state index contributed by atoms with van der Waals surface area (Å²) in [5.41, 5.74) is 5.98. The average Bonchev–Trinajstić information content (AvgIpc) is 3.35. The molecule has 1 unspecified atom stereocenters. The van der Waals surface area contributed by atoms with E-state index in [1.807, 2.05) is 18.2 Å². The number of fused-ring (bicyclic) bond motifs is 2. The Kier molecular flexibility index (Phi) is 7.27. The van der Waals surface area contributed by atoms with E-state index in [2.05, 4.69) is 52.7 Å². The summed E-state index contributed by atoms with van der Waals surface area (Å²) >= 11 is 9.72. The molecular weight excluding hydrogens is 599 g/mol. The van der Waals surface area contributed by atoms with Gasteiger partial charge in [0, 0.05) is 33.4 Å². The number of benzene rings is 3. The van der Waals surface area contributed by atoms with Crippen molar-refractivity contribution in [2.45, 2.75) is 50.6 Å². The first-order valence-electron chi connectivity index (χ1n) is 12.8. The molecule has 0 bridgehead atoms. The van der Waals surface area contributed by atoms with Crippen molar-refractivity contribution in [2.24, 2.45) is 11.1 Å². The third-order valence-corrected chi connectivity index (χ3v) is 8.44. The molecule has 1 spiro atoms. The maximum absolute atomic E-state index is 15.8. The van der Waals surface area contributed by atoms with Gasteiger partial charge in [-0.25, -0.2) is 4.39 Å². The van der Waals surface area contributed by atoms with Crippen LogP contribution in [0.25, 0.3) is 0 Å². The van der Waals surface area contributed by atoms with Crippen LogP contribution in [0.2, 0.25) is 5.02 Å². The van der Waals surface area contributed by atoms with Crippen molar-refractivity contribution >= 4 is 56.6 Å². The van der Waals surface area contributed by atoms with E-state index in [4.69, 9.17) is 17.3 Å². The summed E-state index contributed by atoms with van der Waals surface area (Å²) in [5, 5.41) is 9.23. The molecule has 5 rings (SSSR count). The first-order chi connectivity index (χ1) is 18.8. The van der Waals surface area contributed by atoms with Crippen molar-refractivity contribution in [3.63, 3.8) is 0 Å². The number of carbonyl (C=O) groups is 3. The molecule has 5 N–H and O–H groups in total. The quantitative estimate of drug-likeness (QED) is 0.289. The summed E-state index contributed by atoms with van der Waals surface area (Å²) in [7, 11) is 0. The lowest BCUT2D eigenvalue weighted by atomic mass is 9.62. The molecule has 0 saturated carbocycles. The van der Waals surface area contributed by atoms with Crippen LogP contribution in [-0.2, 0) is 15.0 Å². The normalized spacial score (nSPS) is 23.6. The van der Waals surface area contributed by atoms with Crippen molar-refractivity contribution in [1.29, 1.82) is 0 Å². The number of hydrogen-bond donors (Lipinski definition) is 4. The summed E-state index contributed by atoms with van der Waals surface area (Å²) in [6.45, 7) is 6.17. The molecule has 1 fully saturated rings. The Morgan fingerprint density at radius 1 is 1.12 bits per heavy atom. The SMILES string of the molecule is CC(C)(C)C[C@@H]1N[C@@H](C(=O)Nc2ccc(C(N)=O)cc2)[C@@H](c2cccc(Cl)c2F)C12C(=O)Nc1cc(Br)ccc12. The maximum Gasteiger partial charge on any atom is 0.248 e. The fourth-order valence-electron chi connectivity index (χ4n) is 6.09. The van der Waals surface area contributed by atoms with Gasteiger partial charge in [-0.1, -0.05) is 66.5 Å². The van der Waals surface area contributed by atoms with E-state index in [9.17, 15) is 14.4 Å². The molecule has 208 valence electrons. The first kappa shape index (κ1) is 28.3. The van der Waals surface area contributed by atoms with Gasteiger partial charge in [0.15, 0.2) is 0 Å². The monoisotopic (exact) mass is 626 g/mol. The van der Waals surface area contributed by atoms with E-state index in [1.165, 1.54) is 18.2 Å². The van der Waals surface area contributed by atoms with Gasteiger partial charge in [0.05, 0.1) is 11.1 Å². The molecule has 3 amide bonds. The lowest BCUT2D eigenvalue weighted by Gasteiger charge is -2.37. The van der Waals surface area contributed by atoms with Gasteiger partial charge in [0.1, 0.15) is 11.2 Å². The van der Waals surface area contributed by atoms with E-state index in [0.29, 0.717) is 28.9 Å². The smallest absolute Gasteiger partial charge is 0.248 e. The summed E-state index contributed by atoms with van der Waals surface area (Å²) in [6, 6.07) is 14.8. The lowest BCUT2D eigenvalue weighted by Crippen LogP contribution is -2.49. The predicted octanol–water partition coefficient (Wildman–Crippen LogP) is 5.73. The van der Waals surface area contributed by atoms with E-state index in [1.54, 1.807) is 24.3 Å². The summed E-state index contributed by atoms with van der Waals surface area (Å²) in [6.07, 6.45) is 0.520. The van der Waals surface area contributed by atoms with Gasteiger partial charge >= 0.3 is 0 Å². The van der Waals surface area contributed by atoms with E-state index in [-0.39, 0.29) is 21.9 Å². The first-order valence-corrected chi connectivity index (χ1v) is 14.0. The number of nitrogens with two attached hydrogens (primary N) is 1. The molecule has 2 aliphatic heterocycles. The van der Waals surface area contributed by atoms with Crippen LogP contribution in [0, 0.1) is 11.2 Å². The van der Waals surface area contributed by atoms with Gasteiger partial charge in [-0.3, -0.25) is 14.4 Å². The van der Waals surface area contributed by atoms with E-state index >= 15 is 4.39 Å². The van der Waals surface area contributed by atoms with Crippen molar-refractivity contribution in [2.75, 3.05) is 10.6 Å². The number of primary amides is 1. The van der Waals surface area contributed by atoms with Crippen molar-refractivity contribution < 1.29 is 18.8 Å². The second-order valence-electron chi connectivity index (χ2n) is 11.5. The molecule has 7 nitrogen and oxygen atoms in total. The standard InChI is InChI=1S/C30H29BrClFN4O3/c1-29(2,3)14-22-30(19-12-9-16(31)13-21(19)36-28(30)40)23(18-5-4-6-20(32)24(18)33)25(37-22)27(39)35-17-10-7-15(8-11-17)26(34)38/h4-13,22-23,25,37H,14H2,1-3H3,(H2,34,38)(H,35,39)(H,36,40)/t22-,23+,25+,30?/m0/s1. The highest BCUT2D eigenvalue weighted by molar-refractivity contribution is 9.10. The van der Waals surface area contributed by atoms with Gasteiger partial charge < -0.3 is 21.7 Å². The number of carbonyl (C=O) groups excluding carboxylic acids is 3. The minimum atomic E-state index is -1.31. The van der Waals surface area contributed by atoms with Gasteiger partial charge in [-0.2, -0.15) is 0 Å². The van der Waals surface area contributed by atoms with Gasteiger partial charge in [-0.05, 0) is 65.4 Å². The zero-order valence-corrected chi connectivity index (χ0v) is 24.5. The Balaban J connectivity index is 1.69. The Hall–Kier alpha value is -3.27. The van der Waals surface area contributed by atoms with Gasteiger partial charge in [0.25, 0.3) is 0 Å². The molecule has 2 aliphatic rings. The molecule has 0 aliphatic carbocycles. The Morgan fingerprint density at radius 2 is 1.82 bits per heavy atom. The van der Waals surface area contributed by atoms with Crippen LogP contribution in [0.1, 0.15) is 54.6 Å². The molecule has 40 heavy (non-hydrogen) atoms. The van der Waals surface area contributed by atoms with Crippen molar-refractivity contribution in [3.05, 3.63) is 92.7 Å². The third-order valence-electron chi connectivity index (χ3n) is 7.66. The van der Waals surface area contributed by atoms with Gasteiger partial charge in [-0.15, -0.1) is 0 Å². The fourth-order valence-corrected chi connectivity index (χ4v) is 6.63. The molecule has 0 aromatic heterocycles. The highest BCUT2D eigenvalue weighted by atomic mass is 79.9. The van der Waals surface area contributed by atoms with Crippen molar-refractivity contribution in [1.82, 2.24) is 5.32 Å². The molecule has 3 aromatic rings. The summed E-state index contributed by atoms with van der Waals surface area (Å²) < 4.78 is 16.6. The number of nitrogens with one attached hydrogen (secondary N) is 3. The average molecular weight is 628 g/mol. The zero-order valence-electron chi connectivity index (χ0n) is 22.1. The van der Waals surface area contributed by atoms with Crippen LogP contribution in [-0.4, -0.2) is 29.8 Å². The molecule has 1 saturated heterocycles. The van der Waals surface area contributed by atoms with Crippen LogP contribution in [0.4, 0.5) is 15.8 Å². The predicted molar refractivity (Wildman–Crippen MR) is 157 cm³/mol. The topological polar surface area (TPSA) is 113 Å². The number of amides is 3. The Labute approximate surface area is 245 Å². The molecule has 0 radical (unpaired) electrons. The van der Waals surface area contributed by atoms with Crippen LogP contribution >= 0.6 is 27.5 Å². The second-order valence-corrected chi connectivity index (χ2v) is 12.8. The lowest BCUT2D eigenvalue weighted by molar-refractivity contribution is -0.122. The molecule has 10 heteroatoms. The van der Waals surface area contributed by atoms with Gasteiger partial charge in [0.2, 0.25) is 17.7 Å². The Morgan fingerprint density at radius 3 is 2.48 bits per heavy atom. The Bertz CT molecular complexity index is 1520. The minimum Gasteiger partial charge on any atom is -0.366 e. The highest BCUT2D eigenvalue weighted by Gasteiger charge is 2.66. The second kappa shape index (κ2) is 10.3. The van der Waals surface area contributed by atoms with Crippen LogP contribution in [0.15, 0.2) is 65.1 Å². The molecule has 2 heterocycles. The largest absolute Gasteiger partial charge is 0.366 e. The number of rotatable bonds is 5. The fraction of sp³-hybridized carbons (Fsp3) is 0.300. The van der Waals surface area contributed by atoms with Crippen LogP contribution in [0.3, 0.4) is 0 Å².